The van der Waals surface area contributed by atoms with E-state index in [1.165, 1.54) is 0 Å². The van der Waals surface area contributed by atoms with Crippen LogP contribution in [0.2, 0.25) is 0 Å². The van der Waals surface area contributed by atoms with Crippen LogP contribution in [0.5, 0.6) is 0 Å². The van der Waals surface area contributed by atoms with Crippen molar-refractivity contribution in [1.82, 2.24) is 10.9 Å². The van der Waals surface area contributed by atoms with Crippen LogP contribution in [0.4, 0.5) is 4.39 Å². The molecule has 0 atom stereocenters. The van der Waals surface area contributed by atoms with Crippen molar-refractivity contribution in [2.24, 2.45) is 0 Å². The fourth-order valence-electron chi connectivity index (χ4n) is 0.988. The van der Waals surface area contributed by atoms with E-state index in [1.807, 2.05) is 12.3 Å². The first kappa shape index (κ1) is 13.4. The smallest absolute Gasteiger partial charge is 0.267 e. The predicted octanol–water partition coefficient (Wildman–Crippen LogP) is 2.00. The Hall–Kier alpha value is -1.69. The second-order valence-electron chi connectivity index (χ2n) is 3.28. The highest BCUT2D eigenvalue weighted by atomic mass is 79.9. The van der Waals surface area contributed by atoms with E-state index >= 15 is 0 Å². The minimum Gasteiger partial charge on any atom is -0.267 e. The molecule has 0 saturated carbocycles. The molecule has 0 fully saturated rings. The number of hydrogen-bond donors (Lipinski definition) is 2. The van der Waals surface area contributed by atoms with E-state index in [-0.39, 0.29) is 0 Å². The molecule has 90 valence electrons. The van der Waals surface area contributed by atoms with Gasteiger partial charge < -0.3 is 0 Å². The minimum absolute atomic E-state index is 0.340. The van der Waals surface area contributed by atoms with Crippen molar-refractivity contribution in [2.75, 3.05) is 0 Å². The zero-order valence-corrected chi connectivity index (χ0v) is 10.6. The summed E-state index contributed by atoms with van der Waals surface area (Å²) in [5, 5.41) is 0. The zero-order valence-electron chi connectivity index (χ0n) is 9.01. The molecule has 4 nitrogen and oxygen atoms in total. The van der Waals surface area contributed by atoms with Crippen LogP contribution in [0.15, 0.2) is 35.1 Å². The Bertz CT molecular complexity index is 488. The van der Waals surface area contributed by atoms with Crippen molar-refractivity contribution in [1.29, 1.82) is 0 Å². The van der Waals surface area contributed by atoms with Crippen molar-refractivity contribution in [2.45, 2.75) is 6.92 Å². The molecule has 0 aliphatic heterocycles. The number of aryl methyl sites for hydroxylation is 1. The topological polar surface area (TPSA) is 58.2 Å². The van der Waals surface area contributed by atoms with Crippen LogP contribution < -0.4 is 10.9 Å². The van der Waals surface area contributed by atoms with Gasteiger partial charge in [-0.2, -0.15) is 0 Å². The van der Waals surface area contributed by atoms with E-state index in [1.54, 1.807) is 18.2 Å². The fourth-order valence-corrected chi connectivity index (χ4v) is 1.37. The van der Waals surface area contributed by atoms with Gasteiger partial charge in [-0.1, -0.05) is 28.6 Å². The van der Waals surface area contributed by atoms with Gasteiger partial charge in [-0.15, -0.1) is 0 Å². The Kier molecular flexibility index (Phi) is 4.39. The van der Waals surface area contributed by atoms with E-state index in [4.69, 9.17) is 0 Å². The highest BCUT2D eigenvalue weighted by Gasteiger charge is 2.10. The maximum absolute atomic E-state index is 12.3. The first-order valence-electron chi connectivity index (χ1n) is 4.63. The van der Waals surface area contributed by atoms with E-state index in [9.17, 15) is 14.0 Å². The molecule has 1 rings (SSSR count). The quantitative estimate of drug-likeness (QED) is 0.648. The Labute approximate surface area is 106 Å². The Morgan fingerprint density at radius 2 is 2.00 bits per heavy atom. The van der Waals surface area contributed by atoms with Gasteiger partial charge in [0.15, 0.2) is 5.83 Å². The molecule has 0 aliphatic rings. The van der Waals surface area contributed by atoms with Gasteiger partial charge >= 0.3 is 0 Å². The van der Waals surface area contributed by atoms with Crippen LogP contribution in [0.1, 0.15) is 15.9 Å². The van der Waals surface area contributed by atoms with Crippen molar-refractivity contribution in [3.63, 3.8) is 0 Å². The van der Waals surface area contributed by atoms with E-state index < -0.39 is 17.6 Å². The molecule has 0 saturated heterocycles. The molecule has 1 aromatic rings. The molecular weight excluding hydrogens is 291 g/mol. The summed E-state index contributed by atoms with van der Waals surface area (Å²) in [6, 6.07) is 4.93. The van der Waals surface area contributed by atoms with Gasteiger partial charge in [0.05, 0.1) is 0 Å². The third-order valence-corrected chi connectivity index (χ3v) is 2.82. The number of carbonyl (C=O) groups excluding carboxylic acids is 2. The first-order valence-corrected chi connectivity index (χ1v) is 5.42. The summed E-state index contributed by atoms with van der Waals surface area (Å²) in [4.78, 5) is 22.3. The number of carbonyl (C=O) groups is 2. The molecule has 0 aliphatic carbocycles. The van der Waals surface area contributed by atoms with Gasteiger partial charge in [-0.3, -0.25) is 20.4 Å². The molecule has 2 N–H and O–H groups in total. The molecule has 6 heteroatoms. The maximum atomic E-state index is 12.3. The molecule has 0 bridgehead atoms. The summed E-state index contributed by atoms with van der Waals surface area (Å²) in [5.41, 5.74) is 5.27. The third-order valence-electron chi connectivity index (χ3n) is 1.97. The second kappa shape index (κ2) is 5.58. The van der Waals surface area contributed by atoms with Gasteiger partial charge in [0.25, 0.3) is 11.8 Å². The lowest BCUT2D eigenvalue weighted by Crippen LogP contribution is -2.41. The SMILES string of the molecule is C=C(F)C(=O)NNC(=O)c1ccc(C)c(Br)c1. The zero-order chi connectivity index (χ0) is 13.0. The van der Waals surface area contributed by atoms with Crippen LogP contribution in [0, 0.1) is 6.92 Å². The van der Waals surface area contributed by atoms with E-state index in [0.717, 1.165) is 10.0 Å². The van der Waals surface area contributed by atoms with E-state index in [0.29, 0.717) is 5.56 Å². The molecule has 0 heterocycles. The van der Waals surface area contributed by atoms with E-state index in [2.05, 4.69) is 27.9 Å². The van der Waals surface area contributed by atoms with Gasteiger partial charge in [0.1, 0.15) is 0 Å². The number of amides is 2. The van der Waals surface area contributed by atoms with Crippen LogP contribution in [-0.4, -0.2) is 11.8 Å². The molecule has 0 radical (unpaired) electrons. The average Bonchev–Trinajstić information content (AvgIpc) is 2.28. The monoisotopic (exact) mass is 300 g/mol. The number of hydrazine groups is 1. The number of halogens is 2. The Balaban J connectivity index is 2.67. The van der Waals surface area contributed by atoms with Crippen LogP contribution in [0.25, 0.3) is 0 Å². The summed E-state index contributed by atoms with van der Waals surface area (Å²) in [6.45, 7) is 4.67. The van der Waals surface area contributed by atoms with Crippen molar-refractivity contribution < 1.29 is 14.0 Å². The maximum Gasteiger partial charge on any atom is 0.297 e. The largest absolute Gasteiger partial charge is 0.297 e. The van der Waals surface area contributed by atoms with Gasteiger partial charge in [-0.05, 0) is 24.6 Å². The predicted molar refractivity (Wildman–Crippen MR) is 64.7 cm³/mol. The molecule has 2 amide bonds. The number of benzene rings is 1. The Morgan fingerprint density at radius 1 is 1.35 bits per heavy atom. The minimum atomic E-state index is -1.17. The normalized spacial score (nSPS) is 9.59. The summed E-state index contributed by atoms with van der Waals surface area (Å²) >= 11 is 3.28. The first-order chi connectivity index (χ1) is 7.91. The lowest BCUT2D eigenvalue weighted by molar-refractivity contribution is -0.119. The lowest BCUT2D eigenvalue weighted by atomic mass is 10.1. The summed E-state index contributed by atoms with van der Waals surface area (Å²) in [7, 11) is 0. The third kappa shape index (κ3) is 3.67. The van der Waals surface area contributed by atoms with Gasteiger partial charge in [0, 0.05) is 10.0 Å². The average molecular weight is 301 g/mol. The van der Waals surface area contributed by atoms with Gasteiger partial charge in [-0.25, -0.2) is 4.39 Å². The molecule has 0 unspecified atom stereocenters. The molecular formula is C11H10BrFN2O2. The number of hydrogen-bond acceptors (Lipinski definition) is 2. The second-order valence-corrected chi connectivity index (χ2v) is 4.13. The molecule has 1 aromatic carbocycles. The number of rotatable bonds is 2. The summed E-state index contributed by atoms with van der Waals surface area (Å²) in [5.74, 6) is -2.79. The number of nitrogens with one attached hydrogen (secondary N) is 2. The standard InChI is InChI=1S/C11H10BrFN2O2/c1-6-3-4-8(5-9(6)12)11(17)15-14-10(16)7(2)13/h3-5H,2H2,1H3,(H,14,16)(H,15,17). The Morgan fingerprint density at radius 3 is 2.53 bits per heavy atom. The van der Waals surface area contributed by atoms with Crippen LogP contribution >= 0.6 is 15.9 Å². The van der Waals surface area contributed by atoms with Crippen LogP contribution in [0.3, 0.4) is 0 Å². The van der Waals surface area contributed by atoms with Crippen molar-refractivity contribution in [3.8, 4) is 0 Å². The van der Waals surface area contributed by atoms with Crippen LogP contribution in [-0.2, 0) is 4.79 Å². The highest BCUT2D eigenvalue weighted by molar-refractivity contribution is 9.10. The molecule has 17 heavy (non-hydrogen) atoms. The highest BCUT2D eigenvalue weighted by Crippen LogP contribution is 2.17. The van der Waals surface area contributed by atoms with Crippen molar-refractivity contribution >= 4 is 27.7 Å². The lowest BCUT2D eigenvalue weighted by Gasteiger charge is -2.07. The summed E-state index contributed by atoms with van der Waals surface area (Å²) in [6.07, 6.45) is 0. The van der Waals surface area contributed by atoms with Gasteiger partial charge in [0.2, 0.25) is 0 Å². The molecule has 0 aromatic heterocycles. The van der Waals surface area contributed by atoms with Crippen molar-refractivity contribution in [3.05, 3.63) is 46.2 Å². The fraction of sp³-hybridized carbons (Fsp3) is 0.0909. The summed E-state index contributed by atoms with van der Waals surface area (Å²) < 4.78 is 13.1. The molecule has 0 spiro atoms.